The van der Waals surface area contributed by atoms with E-state index in [4.69, 9.17) is 5.73 Å². The molecule has 0 fully saturated rings. The highest BCUT2D eigenvalue weighted by Gasteiger charge is 2.03. The van der Waals surface area contributed by atoms with Crippen molar-refractivity contribution in [3.05, 3.63) is 77.6 Å². The van der Waals surface area contributed by atoms with E-state index in [2.05, 4.69) is 84.6 Å². The first-order valence-electron chi connectivity index (χ1n) is 7.63. The highest BCUT2D eigenvalue weighted by molar-refractivity contribution is 5.92. The van der Waals surface area contributed by atoms with Gasteiger partial charge in [0.15, 0.2) is 18.9 Å². The zero-order valence-electron chi connectivity index (χ0n) is 13.2. The smallest absolute Gasteiger partial charge is 0.172 e. The van der Waals surface area contributed by atoms with Crippen molar-refractivity contribution in [3.8, 4) is 0 Å². The Morgan fingerprint density at radius 2 is 1.70 bits per heavy atom. The maximum Gasteiger partial charge on any atom is 0.172 e. The zero-order valence-corrected chi connectivity index (χ0v) is 14.8. The van der Waals surface area contributed by atoms with Crippen molar-refractivity contribution in [2.45, 2.75) is 13.5 Å². The first kappa shape index (κ1) is 17.4. The highest BCUT2D eigenvalue weighted by atomic mass is 79.9. The summed E-state index contributed by atoms with van der Waals surface area (Å²) in [6.07, 6.45) is 8.61. The van der Waals surface area contributed by atoms with E-state index in [-0.39, 0.29) is 17.0 Å². The van der Waals surface area contributed by atoms with Gasteiger partial charge in [-0.2, -0.15) is 0 Å². The molecule has 0 aliphatic carbocycles. The Bertz CT molecular complexity index is 819. The number of fused-ring (bicyclic) bond motifs is 1. The van der Waals surface area contributed by atoms with Crippen LogP contribution in [0.3, 0.4) is 0 Å². The van der Waals surface area contributed by atoms with Crippen LogP contribution in [0.15, 0.2) is 60.9 Å². The van der Waals surface area contributed by atoms with Gasteiger partial charge >= 0.3 is 0 Å². The van der Waals surface area contributed by atoms with Crippen molar-refractivity contribution in [1.82, 2.24) is 0 Å². The lowest BCUT2D eigenvalue weighted by Gasteiger charge is -2.03. The Hall–Kier alpha value is -1.97. The molecule has 0 atom stereocenters. The number of halogens is 1. The quantitative estimate of drug-likeness (QED) is 0.670. The van der Waals surface area contributed by atoms with Gasteiger partial charge in [0.2, 0.25) is 0 Å². The molecule has 3 rings (SSSR count). The van der Waals surface area contributed by atoms with Crippen LogP contribution in [-0.2, 0) is 6.54 Å². The number of nitrogens with two attached hydrogens (primary N) is 1. The van der Waals surface area contributed by atoms with Crippen molar-refractivity contribution in [2.75, 3.05) is 6.54 Å². The minimum absolute atomic E-state index is 0. The molecule has 118 valence electrons. The molecule has 0 amide bonds. The fraction of sp³-hybridized carbons (Fsp3) is 0.150. The molecule has 3 heteroatoms. The lowest BCUT2D eigenvalue weighted by atomic mass is 10.0. The first-order chi connectivity index (χ1) is 10.8. The number of rotatable bonds is 4. The molecule has 0 saturated heterocycles. The van der Waals surface area contributed by atoms with E-state index >= 15 is 0 Å². The van der Waals surface area contributed by atoms with Crippen molar-refractivity contribution < 1.29 is 21.5 Å². The highest BCUT2D eigenvalue weighted by Crippen LogP contribution is 2.21. The van der Waals surface area contributed by atoms with Gasteiger partial charge in [0.25, 0.3) is 0 Å². The van der Waals surface area contributed by atoms with E-state index < -0.39 is 0 Å². The fourth-order valence-corrected chi connectivity index (χ4v) is 2.72. The first-order valence-corrected chi connectivity index (χ1v) is 7.63. The van der Waals surface area contributed by atoms with Gasteiger partial charge in [0.1, 0.15) is 0 Å². The molecule has 2 nitrogen and oxygen atoms in total. The molecule has 1 aromatic heterocycles. The van der Waals surface area contributed by atoms with Gasteiger partial charge in [-0.05, 0) is 28.8 Å². The van der Waals surface area contributed by atoms with Gasteiger partial charge in [-0.3, -0.25) is 0 Å². The molecule has 0 unspecified atom stereocenters. The normalized spacial score (nSPS) is 10.9. The third kappa shape index (κ3) is 4.06. The van der Waals surface area contributed by atoms with E-state index in [0.717, 1.165) is 6.54 Å². The standard InChI is InChI=1S/C20H21N2.BrH/c1-16-15-22(14-12-21)13-11-17(16)9-10-19-7-4-6-18-5-2-3-8-20(18)19;/h2-11,13,15H,12,14,21H2,1H3;1H/q+1;/p-1/b10-9+;. The molecule has 0 aliphatic rings. The van der Waals surface area contributed by atoms with Crippen LogP contribution in [0.25, 0.3) is 22.9 Å². The van der Waals surface area contributed by atoms with Crippen LogP contribution < -0.4 is 27.3 Å². The molecule has 2 aromatic carbocycles. The predicted molar refractivity (Wildman–Crippen MR) is 93.3 cm³/mol. The summed E-state index contributed by atoms with van der Waals surface area (Å²) in [5.41, 5.74) is 9.34. The molecule has 0 aliphatic heterocycles. The van der Waals surface area contributed by atoms with Crippen molar-refractivity contribution in [2.24, 2.45) is 5.73 Å². The summed E-state index contributed by atoms with van der Waals surface area (Å²) in [6, 6.07) is 17.0. The summed E-state index contributed by atoms with van der Waals surface area (Å²) < 4.78 is 2.13. The van der Waals surface area contributed by atoms with Crippen LogP contribution in [0.2, 0.25) is 0 Å². The van der Waals surface area contributed by atoms with Crippen LogP contribution >= 0.6 is 0 Å². The number of pyridine rings is 1. The summed E-state index contributed by atoms with van der Waals surface area (Å²) in [4.78, 5) is 0. The summed E-state index contributed by atoms with van der Waals surface area (Å²) in [5.74, 6) is 0. The summed E-state index contributed by atoms with van der Waals surface area (Å²) in [6.45, 7) is 3.65. The van der Waals surface area contributed by atoms with Gasteiger partial charge in [0, 0.05) is 11.6 Å². The van der Waals surface area contributed by atoms with Crippen molar-refractivity contribution >= 4 is 22.9 Å². The van der Waals surface area contributed by atoms with Crippen molar-refractivity contribution in [1.29, 1.82) is 0 Å². The van der Waals surface area contributed by atoms with E-state index in [9.17, 15) is 0 Å². The lowest BCUT2D eigenvalue weighted by molar-refractivity contribution is -0.694. The largest absolute Gasteiger partial charge is 1.00 e. The molecular formula is C20H21BrN2. The third-order valence-electron chi connectivity index (χ3n) is 3.91. The van der Waals surface area contributed by atoms with Gasteiger partial charge in [-0.15, -0.1) is 0 Å². The minimum Gasteiger partial charge on any atom is -1.00 e. The maximum absolute atomic E-state index is 5.60. The third-order valence-corrected chi connectivity index (χ3v) is 3.91. The fourth-order valence-electron chi connectivity index (χ4n) is 2.72. The van der Waals surface area contributed by atoms with Crippen LogP contribution in [0.5, 0.6) is 0 Å². The molecule has 23 heavy (non-hydrogen) atoms. The molecule has 0 radical (unpaired) electrons. The Morgan fingerprint density at radius 1 is 0.957 bits per heavy atom. The molecular weight excluding hydrogens is 348 g/mol. The van der Waals surface area contributed by atoms with Crippen LogP contribution in [0, 0.1) is 6.92 Å². The second-order valence-corrected chi connectivity index (χ2v) is 5.51. The van der Waals surface area contributed by atoms with E-state index in [1.807, 2.05) is 0 Å². The number of hydrogen-bond acceptors (Lipinski definition) is 1. The molecule has 0 spiro atoms. The SMILES string of the molecule is Cc1c[n+](CCN)ccc1/C=C/c1cccc2ccccc12.[Br-]. The van der Waals surface area contributed by atoms with Gasteiger partial charge < -0.3 is 22.7 Å². The van der Waals surface area contributed by atoms with E-state index in [0.29, 0.717) is 6.54 Å². The van der Waals surface area contributed by atoms with Crippen molar-refractivity contribution in [3.63, 3.8) is 0 Å². The molecule has 0 saturated carbocycles. The average molecular weight is 369 g/mol. The Labute approximate surface area is 148 Å². The summed E-state index contributed by atoms with van der Waals surface area (Å²) in [5, 5.41) is 2.56. The Balaban J connectivity index is 0.00000192. The molecule has 3 aromatic rings. The number of hydrogen-bond donors (Lipinski definition) is 1. The second-order valence-electron chi connectivity index (χ2n) is 5.51. The monoisotopic (exact) mass is 368 g/mol. The molecule has 2 N–H and O–H groups in total. The number of nitrogens with zero attached hydrogens (tertiary/aromatic N) is 1. The van der Waals surface area contributed by atoms with Crippen LogP contribution in [0.4, 0.5) is 0 Å². The molecule has 1 heterocycles. The maximum atomic E-state index is 5.60. The summed E-state index contributed by atoms with van der Waals surface area (Å²) >= 11 is 0. The predicted octanol–water partition coefficient (Wildman–Crippen LogP) is 0.569. The van der Waals surface area contributed by atoms with Gasteiger partial charge in [0.05, 0.1) is 6.54 Å². The number of aromatic nitrogens is 1. The van der Waals surface area contributed by atoms with Crippen LogP contribution in [-0.4, -0.2) is 6.54 Å². The minimum atomic E-state index is 0. The second kappa shape index (κ2) is 8.04. The molecule has 0 bridgehead atoms. The average Bonchev–Trinajstić information content (AvgIpc) is 2.54. The van der Waals surface area contributed by atoms with Gasteiger partial charge in [-0.25, -0.2) is 4.57 Å². The Kier molecular flexibility index (Phi) is 6.08. The van der Waals surface area contributed by atoms with Gasteiger partial charge in [-0.1, -0.05) is 54.6 Å². The number of aryl methyl sites for hydroxylation is 1. The van der Waals surface area contributed by atoms with E-state index in [1.165, 1.54) is 27.5 Å². The van der Waals surface area contributed by atoms with E-state index in [1.54, 1.807) is 0 Å². The van der Waals surface area contributed by atoms with Crippen LogP contribution in [0.1, 0.15) is 16.7 Å². The Morgan fingerprint density at radius 3 is 2.48 bits per heavy atom. The summed E-state index contributed by atoms with van der Waals surface area (Å²) in [7, 11) is 0. The number of benzene rings is 2. The lowest BCUT2D eigenvalue weighted by Crippen LogP contribution is -3.00. The topological polar surface area (TPSA) is 29.9 Å². The zero-order chi connectivity index (χ0) is 15.4.